The monoisotopic (exact) mass is 474 g/mol. The van der Waals surface area contributed by atoms with Gasteiger partial charge in [-0.15, -0.1) is 0 Å². The van der Waals surface area contributed by atoms with Gasteiger partial charge in [0.05, 0.1) is 24.1 Å². The van der Waals surface area contributed by atoms with Crippen molar-refractivity contribution in [3.8, 4) is 11.5 Å². The number of nitro benzene ring substituents is 1. The fourth-order valence-electron chi connectivity index (χ4n) is 4.29. The lowest BCUT2D eigenvalue weighted by Crippen LogP contribution is -2.48. The molecule has 35 heavy (non-hydrogen) atoms. The fourth-order valence-corrected chi connectivity index (χ4v) is 4.29. The van der Waals surface area contributed by atoms with Gasteiger partial charge in [0.25, 0.3) is 11.6 Å². The molecule has 0 N–H and O–H groups in total. The first-order valence-corrected chi connectivity index (χ1v) is 11.4. The number of Topliss-reactive ketones (excluding diaryl/α,β-unsaturated/α-hetero) is 1. The van der Waals surface area contributed by atoms with Crippen molar-refractivity contribution in [2.45, 2.75) is 39.0 Å². The third-order valence-electron chi connectivity index (χ3n) is 6.18. The van der Waals surface area contributed by atoms with Gasteiger partial charge in [-0.1, -0.05) is 61.5 Å². The van der Waals surface area contributed by atoms with Crippen molar-refractivity contribution in [2.24, 2.45) is 0 Å². The number of methoxy groups -OCH3 is 1. The Balaban J connectivity index is 1.71. The molecule has 0 unspecified atom stereocenters. The third-order valence-corrected chi connectivity index (χ3v) is 6.18. The van der Waals surface area contributed by atoms with E-state index >= 15 is 0 Å². The molecule has 0 aromatic heterocycles. The summed E-state index contributed by atoms with van der Waals surface area (Å²) in [6.07, 6.45) is 0.631. The molecule has 3 aromatic carbocycles. The van der Waals surface area contributed by atoms with E-state index in [1.165, 1.54) is 24.1 Å². The zero-order valence-corrected chi connectivity index (χ0v) is 19.6. The zero-order chi connectivity index (χ0) is 24.9. The van der Waals surface area contributed by atoms with Gasteiger partial charge in [-0.2, -0.15) is 0 Å². The minimum Gasteiger partial charge on any atom is -0.493 e. The molecule has 4 rings (SSSR count). The van der Waals surface area contributed by atoms with Crippen LogP contribution in [0.4, 0.5) is 5.69 Å². The van der Waals surface area contributed by atoms with Gasteiger partial charge in [0, 0.05) is 25.5 Å². The Labute approximate surface area is 203 Å². The van der Waals surface area contributed by atoms with Gasteiger partial charge in [0.15, 0.2) is 17.3 Å². The van der Waals surface area contributed by atoms with Crippen LogP contribution in [0.1, 0.15) is 40.4 Å². The lowest BCUT2D eigenvalue weighted by molar-refractivity contribution is -0.385. The molecule has 3 aromatic rings. The number of fused-ring (bicyclic) bond motifs is 1. The number of rotatable bonds is 8. The highest BCUT2D eigenvalue weighted by Crippen LogP contribution is 2.37. The van der Waals surface area contributed by atoms with Crippen LogP contribution in [0.2, 0.25) is 0 Å². The molecule has 1 aliphatic rings. The van der Waals surface area contributed by atoms with Gasteiger partial charge >= 0.3 is 0 Å². The zero-order valence-electron chi connectivity index (χ0n) is 19.6. The number of carbonyl (C=O) groups excluding carboxylic acids is 2. The van der Waals surface area contributed by atoms with Gasteiger partial charge in [-0.25, -0.2) is 0 Å². The van der Waals surface area contributed by atoms with Crippen molar-refractivity contribution in [1.29, 1.82) is 0 Å². The number of amides is 1. The molecule has 0 radical (unpaired) electrons. The predicted molar refractivity (Wildman–Crippen MR) is 130 cm³/mol. The maximum absolute atomic E-state index is 13.7. The van der Waals surface area contributed by atoms with Gasteiger partial charge in [-0.3, -0.25) is 19.7 Å². The minimum atomic E-state index is -0.693. The highest BCUT2D eigenvalue weighted by Gasteiger charge is 2.37. The van der Waals surface area contributed by atoms with E-state index < -0.39 is 22.6 Å². The van der Waals surface area contributed by atoms with Crippen LogP contribution in [0, 0.1) is 10.1 Å². The molecule has 0 bridgehead atoms. The second-order valence-electron chi connectivity index (χ2n) is 8.29. The van der Waals surface area contributed by atoms with Crippen LogP contribution in [0.5, 0.6) is 11.5 Å². The summed E-state index contributed by atoms with van der Waals surface area (Å²) >= 11 is 0. The summed E-state index contributed by atoms with van der Waals surface area (Å²) in [4.78, 5) is 39.3. The maximum atomic E-state index is 13.7. The van der Waals surface area contributed by atoms with Gasteiger partial charge in [-0.05, 0) is 16.7 Å². The van der Waals surface area contributed by atoms with E-state index in [9.17, 15) is 19.7 Å². The summed E-state index contributed by atoms with van der Waals surface area (Å²) in [5.41, 5.74) is 2.25. The van der Waals surface area contributed by atoms with Crippen molar-refractivity contribution in [2.75, 3.05) is 7.11 Å². The molecular weight excluding hydrogens is 448 g/mol. The Bertz CT molecular complexity index is 1260. The summed E-state index contributed by atoms with van der Waals surface area (Å²) in [5, 5.41) is 12.0. The number of ether oxygens (including phenoxy) is 2. The molecule has 0 saturated heterocycles. The van der Waals surface area contributed by atoms with Crippen molar-refractivity contribution in [1.82, 2.24) is 4.90 Å². The Kier molecular flexibility index (Phi) is 7.10. The molecule has 1 atom stereocenters. The van der Waals surface area contributed by atoms with Gasteiger partial charge in [0.1, 0.15) is 12.2 Å². The van der Waals surface area contributed by atoms with Crippen LogP contribution >= 0.6 is 0 Å². The Hall–Kier alpha value is -4.20. The standard InChI is InChI=1S/C27H26N2O6/c1-3-24(30)23-13-19-11-7-8-12-20(19)16-28(23)27(31)21-14-25(34-2)26(15-22(21)29(32)33)35-17-18-9-5-4-6-10-18/h4-12,14-15,23H,3,13,16-17H2,1-2H3/t23-/m0/s1. The molecule has 8 nitrogen and oxygen atoms in total. The first-order valence-electron chi connectivity index (χ1n) is 11.4. The van der Waals surface area contributed by atoms with Crippen molar-refractivity contribution in [3.63, 3.8) is 0 Å². The second-order valence-corrected chi connectivity index (χ2v) is 8.29. The van der Waals surface area contributed by atoms with E-state index in [-0.39, 0.29) is 42.4 Å². The van der Waals surface area contributed by atoms with Crippen molar-refractivity contribution >= 4 is 17.4 Å². The van der Waals surface area contributed by atoms with Crippen molar-refractivity contribution < 1.29 is 24.0 Å². The molecule has 1 aliphatic heterocycles. The first kappa shape index (κ1) is 23.9. The summed E-state index contributed by atoms with van der Waals surface area (Å²) < 4.78 is 11.2. The lowest BCUT2D eigenvalue weighted by atomic mass is 9.90. The van der Waals surface area contributed by atoms with E-state index in [4.69, 9.17) is 9.47 Å². The Morgan fingerprint density at radius 2 is 1.71 bits per heavy atom. The molecule has 0 fully saturated rings. The normalized spacial score (nSPS) is 14.7. The third kappa shape index (κ3) is 5.01. The number of hydrogen-bond donors (Lipinski definition) is 0. The number of benzene rings is 3. The van der Waals surface area contributed by atoms with E-state index in [0.717, 1.165) is 16.7 Å². The number of nitro groups is 1. The molecule has 8 heteroatoms. The first-order chi connectivity index (χ1) is 16.9. The average molecular weight is 475 g/mol. The molecule has 1 amide bonds. The number of nitrogens with zero attached hydrogens (tertiary/aromatic N) is 2. The SMILES string of the molecule is CCC(=O)[C@@H]1Cc2ccccc2CN1C(=O)c1cc(OC)c(OCc2ccccc2)cc1[N+](=O)[O-]. The van der Waals surface area contributed by atoms with Crippen LogP contribution in [0.15, 0.2) is 66.7 Å². The summed E-state index contributed by atoms with van der Waals surface area (Å²) in [5.74, 6) is -0.327. The van der Waals surface area contributed by atoms with E-state index in [1.807, 2.05) is 54.6 Å². The number of ketones is 1. The molecule has 180 valence electrons. The van der Waals surface area contributed by atoms with Crippen LogP contribution in [0.3, 0.4) is 0 Å². The average Bonchev–Trinajstić information content (AvgIpc) is 2.90. The van der Waals surface area contributed by atoms with Crippen LogP contribution < -0.4 is 9.47 Å². The topological polar surface area (TPSA) is 99.0 Å². The largest absolute Gasteiger partial charge is 0.493 e. The molecular formula is C27H26N2O6. The highest BCUT2D eigenvalue weighted by atomic mass is 16.6. The number of hydrogen-bond acceptors (Lipinski definition) is 6. The molecule has 0 spiro atoms. The highest BCUT2D eigenvalue weighted by molar-refractivity contribution is 6.02. The van der Waals surface area contributed by atoms with Gasteiger partial charge in [0.2, 0.25) is 0 Å². The lowest BCUT2D eigenvalue weighted by Gasteiger charge is -2.36. The van der Waals surface area contributed by atoms with Crippen LogP contribution in [-0.4, -0.2) is 34.7 Å². The second kappa shape index (κ2) is 10.4. The van der Waals surface area contributed by atoms with Gasteiger partial charge < -0.3 is 14.4 Å². The van der Waals surface area contributed by atoms with Crippen molar-refractivity contribution in [3.05, 3.63) is 99.1 Å². The maximum Gasteiger partial charge on any atom is 0.286 e. The van der Waals surface area contributed by atoms with E-state index in [0.29, 0.717) is 6.42 Å². The molecule has 1 heterocycles. The fraction of sp³-hybridized carbons (Fsp3) is 0.259. The Morgan fingerprint density at radius 3 is 2.37 bits per heavy atom. The quantitative estimate of drug-likeness (QED) is 0.346. The molecule has 0 saturated carbocycles. The van der Waals surface area contributed by atoms with E-state index in [2.05, 4.69) is 0 Å². The molecule has 0 aliphatic carbocycles. The summed E-state index contributed by atoms with van der Waals surface area (Å²) in [6.45, 7) is 2.12. The number of carbonyl (C=O) groups is 2. The van der Waals surface area contributed by atoms with E-state index in [1.54, 1.807) is 6.92 Å². The Morgan fingerprint density at radius 1 is 1.03 bits per heavy atom. The smallest absolute Gasteiger partial charge is 0.286 e. The minimum absolute atomic E-state index is 0.0923. The summed E-state index contributed by atoms with van der Waals surface area (Å²) in [7, 11) is 1.41. The van der Waals surface area contributed by atoms with Crippen LogP contribution in [-0.2, 0) is 24.4 Å². The van der Waals surface area contributed by atoms with Crippen LogP contribution in [0.25, 0.3) is 0 Å². The summed E-state index contributed by atoms with van der Waals surface area (Å²) in [6, 6.07) is 18.8. The predicted octanol–water partition coefficient (Wildman–Crippen LogP) is 4.73.